The Hall–Kier alpha value is -1.77. The van der Waals surface area contributed by atoms with Gasteiger partial charge in [-0.05, 0) is 12.1 Å². The van der Waals surface area contributed by atoms with E-state index in [0.717, 1.165) is 5.69 Å². The van der Waals surface area contributed by atoms with E-state index in [2.05, 4.69) is 4.98 Å². The van der Waals surface area contributed by atoms with Crippen LogP contribution in [0.5, 0.6) is 0 Å². The quantitative estimate of drug-likeness (QED) is 0.684. The van der Waals surface area contributed by atoms with E-state index >= 15 is 0 Å². The zero-order chi connectivity index (χ0) is 8.39. The van der Waals surface area contributed by atoms with Crippen LogP contribution in [-0.2, 0) is 0 Å². The molecule has 0 amide bonds. The van der Waals surface area contributed by atoms with Crippen LogP contribution in [0.4, 0.5) is 5.82 Å². The third kappa shape index (κ3) is 1.05. The van der Waals surface area contributed by atoms with Crippen LogP contribution in [0.3, 0.4) is 0 Å². The van der Waals surface area contributed by atoms with Crippen molar-refractivity contribution in [3.63, 3.8) is 0 Å². The van der Waals surface area contributed by atoms with Gasteiger partial charge in [0.15, 0.2) is 0 Å². The first-order valence-electron chi connectivity index (χ1n) is 3.71. The van der Waals surface area contributed by atoms with Crippen LogP contribution in [0.15, 0.2) is 42.9 Å². The zero-order valence-corrected chi connectivity index (χ0v) is 6.51. The average Bonchev–Trinajstić information content (AvgIpc) is 2.53. The highest BCUT2D eigenvalue weighted by Crippen LogP contribution is 2.10. The maximum absolute atomic E-state index is 5.67. The highest BCUT2D eigenvalue weighted by Gasteiger charge is 1.97. The molecule has 2 rings (SSSR count). The molecule has 12 heavy (non-hydrogen) atoms. The van der Waals surface area contributed by atoms with Gasteiger partial charge in [0, 0.05) is 5.69 Å². The number of benzene rings is 1. The molecule has 0 fully saturated rings. The number of hydrogen-bond donors (Lipinski definition) is 1. The van der Waals surface area contributed by atoms with Gasteiger partial charge in [-0.25, -0.2) is 4.98 Å². The van der Waals surface area contributed by atoms with Gasteiger partial charge in [-0.1, -0.05) is 18.2 Å². The normalized spacial score (nSPS) is 10.0. The first-order chi connectivity index (χ1) is 5.88. The number of rotatable bonds is 1. The third-order valence-corrected chi connectivity index (χ3v) is 1.70. The Morgan fingerprint density at radius 3 is 2.50 bits per heavy atom. The Labute approximate surface area is 70.5 Å². The van der Waals surface area contributed by atoms with Crippen molar-refractivity contribution in [3.05, 3.63) is 42.9 Å². The Morgan fingerprint density at radius 2 is 1.92 bits per heavy atom. The molecule has 0 unspecified atom stereocenters. The summed E-state index contributed by atoms with van der Waals surface area (Å²) in [5.74, 6) is 0.654. The van der Waals surface area contributed by atoms with Crippen molar-refractivity contribution in [2.75, 3.05) is 5.73 Å². The van der Waals surface area contributed by atoms with Gasteiger partial charge < -0.3 is 5.73 Å². The van der Waals surface area contributed by atoms with Crippen LogP contribution in [0.25, 0.3) is 5.69 Å². The van der Waals surface area contributed by atoms with Crippen LogP contribution in [-0.4, -0.2) is 9.55 Å². The third-order valence-electron chi connectivity index (χ3n) is 1.70. The molecule has 2 aromatic rings. The zero-order valence-electron chi connectivity index (χ0n) is 6.51. The van der Waals surface area contributed by atoms with Gasteiger partial charge in [0.2, 0.25) is 0 Å². The van der Waals surface area contributed by atoms with Gasteiger partial charge in [-0.2, -0.15) is 0 Å². The first kappa shape index (κ1) is 6.91. The smallest absolute Gasteiger partial charge is 0.127 e. The molecule has 0 saturated carbocycles. The summed E-state index contributed by atoms with van der Waals surface area (Å²) in [7, 11) is 0. The topological polar surface area (TPSA) is 43.8 Å². The van der Waals surface area contributed by atoms with Crippen molar-refractivity contribution in [1.82, 2.24) is 9.55 Å². The second-order valence-electron chi connectivity index (χ2n) is 2.52. The molecular weight excluding hydrogens is 150 g/mol. The van der Waals surface area contributed by atoms with Gasteiger partial charge in [-0.3, -0.25) is 4.57 Å². The number of imidazole rings is 1. The van der Waals surface area contributed by atoms with E-state index in [1.165, 1.54) is 0 Å². The van der Waals surface area contributed by atoms with Crippen molar-refractivity contribution >= 4 is 5.82 Å². The summed E-state index contributed by atoms with van der Waals surface area (Å²) >= 11 is 0. The molecule has 0 bridgehead atoms. The van der Waals surface area contributed by atoms with Crippen molar-refractivity contribution in [1.29, 1.82) is 0 Å². The Bertz CT molecular complexity index is 364. The molecule has 0 radical (unpaired) electrons. The number of para-hydroxylation sites is 1. The molecular formula is C9H9N3. The SMILES string of the molecule is Nc1cncn1-c1ccccc1. The summed E-state index contributed by atoms with van der Waals surface area (Å²) in [6, 6.07) is 9.87. The van der Waals surface area contributed by atoms with Crippen LogP contribution in [0.1, 0.15) is 0 Å². The summed E-state index contributed by atoms with van der Waals surface area (Å²) in [5.41, 5.74) is 6.71. The molecule has 3 heteroatoms. The molecule has 0 spiro atoms. The molecule has 1 heterocycles. The lowest BCUT2D eigenvalue weighted by Crippen LogP contribution is -1.97. The predicted molar refractivity (Wildman–Crippen MR) is 48.0 cm³/mol. The maximum atomic E-state index is 5.67. The average molecular weight is 159 g/mol. The summed E-state index contributed by atoms with van der Waals surface area (Å²) in [6.45, 7) is 0. The van der Waals surface area contributed by atoms with E-state index < -0.39 is 0 Å². The molecule has 1 aromatic carbocycles. The highest BCUT2D eigenvalue weighted by molar-refractivity contribution is 5.40. The number of anilines is 1. The number of nitrogen functional groups attached to an aromatic ring is 1. The molecule has 0 atom stereocenters. The van der Waals surface area contributed by atoms with Gasteiger partial charge >= 0.3 is 0 Å². The van der Waals surface area contributed by atoms with Crippen molar-refractivity contribution in [2.45, 2.75) is 0 Å². The second kappa shape index (κ2) is 2.70. The van der Waals surface area contributed by atoms with E-state index in [-0.39, 0.29) is 0 Å². The minimum absolute atomic E-state index is 0.654. The predicted octanol–water partition coefficient (Wildman–Crippen LogP) is 1.45. The van der Waals surface area contributed by atoms with Crippen molar-refractivity contribution in [3.8, 4) is 5.69 Å². The largest absolute Gasteiger partial charge is 0.383 e. The Balaban J connectivity index is 2.51. The molecule has 3 nitrogen and oxygen atoms in total. The van der Waals surface area contributed by atoms with Crippen LogP contribution in [0, 0.1) is 0 Å². The van der Waals surface area contributed by atoms with Crippen LogP contribution in [0.2, 0.25) is 0 Å². The maximum Gasteiger partial charge on any atom is 0.127 e. The Morgan fingerprint density at radius 1 is 1.17 bits per heavy atom. The number of aromatic nitrogens is 2. The van der Waals surface area contributed by atoms with Gasteiger partial charge in [0.1, 0.15) is 12.1 Å². The lowest BCUT2D eigenvalue weighted by Gasteiger charge is -2.02. The van der Waals surface area contributed by atoms with E-state index in [1.54, 1.807) is 12.5 Å². The highest BCUT2D eigenvalue weighted by atomic mass is 15.1. The number of nitrogens with two attached hydrogens (primary N) is 1. The minimum Gasteiger partial charge on any atom is -0.383 e. The van der Waals surface area contributed by atoms with E-state index in [0.29, 0.717) is 5.82 Å². The molecule has 0 aliphatic heterocycles. The Kier molecular flexibility index (Phi) is 1.55. The summed E-state index contributed by atoms with van der Waals surface area (Å²) < 4.78 is 1.83. The molecule has 60 valence electrons. The fourth-order valence-corrected chi connectivity index (χ4v) is 1.11. The van der Waals surface area contributed by atoms with E-state index in [1.807, 2.05) is 34.9 Å². The lowest BCUT2D eigenvalue weighted by atomic mass is 10.3. The monoisotopic (exact) mass is 159 g/mol. The van der Waals surface area contributed by atoms with Crippen LogP contribution >= 0.6 is 0 Å². The molecule has 0 aliphatic rings. The number of nitrogens with zero attached hydrogens (tertiary/aromatic N) is 2. The molecule has 1 aromatic heterocycles. The van der Waals surface area contributed by atoms with Gasteiger partial charge in [0.05, 0.1) is 6.20 Å². The fraction of sp³-hybridized carbons (Fsp3) is 0. The van der Waals surface area contributed by atoms with Crippen LogP contribution < -0.4 is 5.73 Å². The van der Waals surface area contributed by atoms with E-state index in [9.17, 15) is 0 Å². The minimum atomic E-state index is 0.654. The first-order valence-corrected chi connectivity index (χ1v) is 3.71. The fourth-order valence-electron chi connectivity index (χ4n) is 1.11. The lowest BCUT2D eigenvalue weighted by molar-refractivity contribution is 1.07. The molecule has 0 aliphatic carbocycles. The van der Waals surface area contributed by atoms with Crippen molar-refractivity contribution < 1.29 is 0 Å². The van der Waals surface area contributed by atoms with Gasteiger partial charge in [-0.15, -0.1) is 0 Å². The van der Waals surface area contributed by atoms with Gasteiger partial charge in [0.25, 0.3) is 0 Å². The van der Waals surface area contributed by atoms with Crippen molar-refractivity contribution in [2.24, 2.45) is 0 Å². The van der Waals surface area contributed by atoms with E-state index in [4.69, 9.17) is 5.73 Å². The summed E-state index contributed by atoms with van der Waals surface area (Å²) in [5, 5.41) is 0. The molecule has 0 saturated heterocycles. The standard InChI is InChI=1S/C9H9N3/c10-9-6-11-7-12(9)8-4-2-1-3-5-8/h1-7H,10H2. The summed E-state index contributed by atoms with van der Waals surface area (Å²) in [4.78, 5) is 3.94. The second-order valence-corrected chi connectivity index (χ2v) is 2.52. The number of hydrogen-bond acceptors (Lipinski definition) is 2. The summed E-state index contributed by atoms with van der Waals surface area (Å²) in [6.07, 6.45) is 3.33. The molecule has 2 N–H and O–H groups in total.